The largest absolute Gasteiger partial charge is 0.497 e. The molecule has 3 heterocycles. The van der Waals surface area contributed by atoms with Crippen molar-refractivity contribution < 1.29 is 33.7 Å². The van der Waals surface area contributed by atoms with E-state index in [0.717, 1.165) is 6.07 Å². The number of thiocarbonyl (C=S) groups is 1. The molecule has 2 aromatic carbocycles. The highest BCUT2D eigenvalue weighted by Crippen LogP contribution is 2.46. The number of anilines is 1. The van der Waals surface area contributed by atoms with Crippen molar-refractivity contribution in [3.63, 3.8) is 0 Å². The van der Waals surface area contributed by atoms with Gasteiger partial charge in [-0.05, 0) is 66.8 Å². The molecule has 10 nitrogen and oxygen atoms in total. The van der Waals surface area contributed by atoms with Crippen LogP contribution in [0.3, 0.4) is 0 Å². The molecule has 4 aromatic rings. The smallest absolute Gasteiger partial charge is 0.335 e. The molecule has 0 bridgehead atoms. The molecule has 1 aliphatic rings. The predicted molar refractivity (Wildman–Crippen MR) is 146 cm³/mol. The zero-order valence-electron chi connectivity index (χ0n) is 20.8. The lowest BCUT2D eigenvalue weighted by molar-refractivity contribution is 0.0696. The summed E-state index contributed by atoms with van der Waals surface area (Å²) in [5.74, 6) is -0.564. The van der Waals surface area contributed by atoms with Crippen LogP contribution in [0.1, 0.15) is 44.3 Å². The Morgan fingerprint density at radius 2 is 1.72 bits per heavy atom. The van der Waals surface area contributed by atoms with Crippen LogP contribution >= 0.6 is 12.2 Å². The summed E-state index contributed by atoms with van der Waals surface area (Å²) in [6.07, 6.45) is 1.68. The minimum Gasteiger partial charge on any atom is -0.497 e. The lowest BCUT2D eigenvalue weighted by atomic mass is 10.0. The fourth-order valence-electron chi connectivity index (χ4n) is 4.57. The number of nitrogens with zero attached hydrogens (tertiary/aromatic N) is 2. The number of rotatable bonds is 8. The quantitative estimate of drug-likeness (QED) is 0.260. The molecule has 0 amide bonds. The monoisotopic (exact) mass is 545 g/mol. The second-order valence-corrected chi connectivity index (χ2v) is 9.03. The van der Waals surface area contributed by atoms with E-state index in [2.05, 4.69) is 10.3 Å². The van der Waals surface area contributed by atoms with Gasteiger partial charge >= 0.3 is 11.9 Å². The summed E-state index contributed by atoms with van der Waals surface area (Å²) in [7, 11) is 3.12. The van der Waals surface area contributed by atoms with Gasteiger partial charge in [-0.15, -0.1) is 0 Å². The number of carbonyl (C=O) groups is 2. The number of ether oxygens (including phenoxy) is 2. The maximum Gasteiger partial charge on any atom is 0.335 e. The average molecular weight is 546 g/mol. The van der Waals surface area contributed by atoms with Crippen molar-refractivity contribution in [2.45, 2.75) is 12.1 Å². The molecule has 11 heteroatoms. The first-order valence-electron chi connectivity index (χ1n) is 11.7. The SMILES string of the molecule is COc1ccc(OC)c(N2C(=S)N[C@H](c3ccccn3)[C@@H]2c2ccc(-c3cc(C(=O)O)cc(C(=O)O)c3)o2)c1. The van der Waals surface area contributed by atoms with E-state index < -0.39 is 24.0 Å². The summed E-state index contributed by atoms with van der Waals surface area (Å²) < 4.78 is 17.4. The van der Waals surface area contributed by atoms with Gasteiger partial charge in [-0.1, -0.05) is 6.07 Å². The van der Waals surface area contributed by atoms with E-state index >= 15 is 0 Å². The first-order valence-corrected chi connectivity index (χ1v) is 12.2. The first kappa shape index (κ1) is 25.7. The number of benzene rings is 2. The number of hydrogen-bond donors (Lipinski definition) is 3. The fourth-order valence-corrected chi connectivity index (χ4v) is 4.91. The number of pyridine rings is 1. The van der Waals surface area contributed by atoms with Crippen molar-refractivity contribution in [2.75, 3.05) is 19.1 Å². The van der Waals surface area contributed by atoms with Crippen LogP contribution in [0.15, 0.2) is 77.3 Å². The summed E-state index contributed by atoms with van der Waals surface area (Å²) in [6, 6.07) is 17.2. The van der Waals surface area contributed by atoms with Crippen LogP contribution < -0.4 is 19.7 Å². The van der Waals surface area contributed by atoms with E-state index in [9.17, 15) is 19.8 Å². The van der Waals surface area contributed by atoms with Gasteiger partial charge < -0.3 is 34.3 Å². The minimum atomic E-state index is -1.25. The Labute approximate surface area is 228 Å². The minimum absolute atomic E-state index is 0.166. The van der Waals surface area contributed by atoms with Gasteiger partial charge in [-0.2, -0.15) is 0 Å². The molecule has 3 N–H and O–H groups in total. The molecule has 0 unspecified atom stereocenters. The molecule has 1 saturated heterocycles. The van der Waals surface area contributed by atoms with E-state index in [1.54, 1.807) is 50.7 Å². The van der Waals surface area contributed by atoms with Crippen LogP contribution in [0, 0.1) is 0 Å². The van der Waals surface area contributed by atoms with E-state index in [1.807, 2.05) is 23.1 Å². The first-order chi connectivity index (χ1) is 18.8. The second kappa shape index (κ2) is 10.5. The fraction of sp³-hybridized carbons (Fsp3) is 0.143. The zero-order chi connectivity index (χ0) is 27.7. The number of carboxylic acids is 2. The van der Waals surface area contributed by atoms with E-state index in [-0.39, 0.29) is 11.1 Å². The van der Waals surface area contributed by atoms with Gasteiger partial charge in [0, 0.05) is 17.8 Å². The number of carboxylic acid groups (broad SMARTS) is 2. The molecule has 0 aliphatic carbocycles. The lowest BCUT2D eigenvalue weighted by Crippen LogP contribution is -2.29. The van der Waals surface area contributed by atoms with Gasteiger partial charge in [0.15, 0.2) is 5.11 Å². The molecular weight excluding hydrogens is 522 g/mol. The van der Waals surface area contributed by atoms with Gasteiger partial charge in [0.05, 0.1) is 42.8 Å². The zero-order valence-corrected chi connectivity index (χ0v) is 21.6. The average Bonchev–Trinajstić information content (AvgIpc) is 3.57. The van der Waals surface area contributed by atoms with E-state index in [4.69, 9.17) is 26.1 Å². The van der Waals surface area contributed by atoms with Gasteiger partial charge in [-0.3, -0.25) is 4.98 Å². The molecule has 1 aliphatic heterocycles. The molecule has 0 radical (unpaired) electrons. The van der Waals surface area contributed by atoms with Crippen LogP contribution in [0.5, 0.6) is 11.5 Å². The van der Waals surface area contributed by atoms with Crippen LogP contribution in [-0.2, 0) is 0 Å². The van der Waals surface area contributed by atoms with E-state index in [0.29, 0.717) is 45.1 Å². The van der Waals surface area contributed by atoms with Gasteiger partial charge in [0.1, 0.15) is 29.1 Å². The molecule has 2 atom stereocenters. The van der Waals surface area contributed by atoms with Gasteiger partial charge in [-0.25, -0.2) is 9.59 Å². The summed E-state index contributed by atoms with van der Waals surface area (Å²) in [6.45, 7) is 0. The number of methoxy groups -OCH3 is 2. The summed E-state index contributed by atoms with van der Waals surface area (Å²) in [5, 5.41) is 22.7. The highest BCUT2D eigenvalue weighted by atomic mass is 32.1. The van der Waals surface area contributed by atoms with Crippen LogP contribution in [-0.4, -0.2) is 46.5 Å². The summed E-state index contributed by atoms with van der Waals surface area (Å²) in [5.41, 5.74) is 1.33. The summed E-state index contributed by atoms with van der Waals surface area (Å²) in [4.78, 5) is 29.7. The van der Waals surface area contributed by atoms with Crippen molar-refractivity contribution in [2.24, 2.45) is 0 Å². The molecule has 0 spiro atoms. The van der Waals surface area contributed by atoms with Gasteiger partial charge in [0.2, 0.25) is 0 Å². The number of hydrogen-bond acceptors (Lipinski definition) is 7. The second-order valence-electron chi connectivity index (χ2n) is 8.65. The third-order valence-electron chi connectivity index (χ3n) is 6.37. The number of nitrogens with one attached hydrogen (secondary N) is 1. The van der Waals surface area contributed by atoms with Crippen molar-refractivity contribution in [3.8, 4) is 22.8 Å². The Kier molecular flexibility index (Phi) is 6.90. The molecule has 39 heavy (non-hydrogen) atoms. The number of furan rings is 1. The van der Waals surface area contributed by atoms with Crippen molar-refractivity contribution in [1.29, 1.82) is 0 Å². The highest BCUT2D eigenvalue weighted by Gasteiger charge is 2.43. The Hall–Kier alpha value is -4.90. The summed E-state index contributed by atoms with van der Waals surface area (Å²) >= 11 is 5.77. The van der Waals surface area contributed by atoms with Crippen LogP contribution in [0.25, 0.3) is 11.3 Å². The van der Waals surface area contributed by atoms with Gasteiger partial charge in [0.25, 0.3) is 0 Å². The molecule has 198 valence electrons. The van der Waals surface area contributed by atoms with Crippen molar-refractivity contribution in [1.82, 2.24) is 10.3 Å². The Balaban J connectivity index is 1.65. The van der Waals surface area contributed by atoms with Crippen LogP contribution in [0.4, 0.5) is 5.69 Å². The Morgan fingerprint density at radius 1 is 0.974 bits per heavy atom. The maximum absolute atomic E-state index is 11.6. The third kappa shape index (κ3) is 4.87. The highest BCUT2D eigenvalue weighted by molar-refractivity contribution is 7.80. The van der Waals surface area contributed by atoms with Crippen molar-refractivity contribution >= 4 is 35.0 Å². The number of aromatic carboxylic acids is 2. The topological polar surface area (TPSA) is 134 Å². The maximum atomic E-state index is 11.6. The molecule has 5 rings (SSSR count). The number of aromatic nitrogens is 1. The predicted octanol–water partition coefficient (Wildman–Crippen LogP) is 4.93. The normalized spacial score (nSPS) is 16.6. The Bertz CT molecular complexity index is 1540. The van der Waals surface area contributed by atoms with E-state index in [1.165, 1.54) is 12.1 Å². The lowest BCUT2D eigenvalue weighted by Gasteiger charge is -2.27. The standard InChI is InChI=1S/C28H23N3O7S/c1-36-18-6-7-22(37-2)20(14-18)31-25(24(30-28(31)39)19-5-3-4-10-29-19)23-9-8-21(38-23)15-11-16(26(32)33)13-17(12-15)27(34)35/h3-14,24-25H,1-2H3,(H,30,39)(H,32,33)(H,34,35)/t24-,25+/m1/s1. The third-order valence-corrected chi connectivity index (χ3v) is 6.69. The molecule has 0 saturated carbocycles. The molecular formula is C28H23N3O7S. The Morgan fingerprint density at radius 3 is 2.33 bits per heavy atom. The van der Waals surface area contributed by atoms with Crippen LogP contribution in [0.2, 0.25) is 0 Å². The molecule has 1 fully saturated rings. The van der Waals surface area contributed by atoms with Crippen molar-refractivity contribution in [3.05, 3.63) is 95.5 Å². The molecule has 2 aromatic heterocycles.